The third-order valence-corrected chi connectivity index (χ3v) is 4.13. The first-order valence-electron chi connectivity index (χ1n) is 6.06. The lowest BCUT2D eigenvalue weighted by Gasteiger charge is -2.23. The molecule has 0 aromatic heterocycles. The Morgan fingerprint density at radius 1 is 1.17 bits per heavy atom. The summed E-state index contributed by atoms with van der Waals surface area (Å²) in [4.78, 5) is -0.0569. The summed E-state index contributed by atoms with van der Waals surface area (Å²) in [5, 5.41) is 5.04. The highest BCUT2D eigenvalue weighted by molar-refractivity contribution is 7.89. The summed E-state index contributed by atoms with van der Waals surface area (Å²) >= 11 is 0. The smallest absolute Gasteiger partial charge is 0.240 e. The maximum atomic E-state index is 11.2. The first-order valence-corrected chi connectivity index (χ1v) is 7.60. The standard InChI is InChI=1S/C12H18N2O3S/c13-11-8-10(6-7-12(11)18(14,15)16)17-9-4-2-1-3-5-9/h6-9H,1-5,13H2,(H2,14,15,16). The van der Waals surface area contributed by atoms with Crippen molar-refractivity contribution >= 4 is 15.7 Å². The zero-order valence-electron chi connectivity index (χ0n) is 10.1. The number of benzene rings is 1. The van der Waals surface area contributed by atoms with E-state index < -0.39 is 10.0 Å². The first kappa shape index (κ1) is 13.2. The fraction of sp³-hybridized carbons (Fsp3) is 0.500. The van der Waals surface area contributed by atoms with E-state index in [-0.39, 0.29) is 16.7 Å². The highest BCUT2D eigenvalue weighted by Gasteiger charge is 2.17. The summed E-state index contributed by atoms with van der Waals surface area (Å²) in [6.07, 6.45) is 5.89. The predicted octanol–water partition coefficient (Wildman–Crippen LogP) is 1.63. The molecule has 0 unspecified atom stereocenters. The Bertz CT molecular complexity index is 522. The molecule has 2 rings (SSSR count). The SMILES string of the molecule is Nc1cc(OC2CCCCC2)ccc1S(N)(=O)=O. The van der Waals surface area contributed by atoms with Gasteiger partial charge in [-0.05, 0) is 37.8 Å². The van der Waals surface area contributed by atoms with Gasteiger partial charge in [-0.3, -0.25) is 0 Å². The molecule has 0 aliphatic heterocycles. The summed E-state index contributed by atoms with van der Waals surface area (Å²) < 4.78 is 28.2. The largest absolute Gasteiger partial charge is 0.490 e. The van der Waals surface area contributed by atoms with Gasteiger partial charge in [-0.15, -0.1) is 0 Å². The number of nitrogen functional groups attached to an aromatic ring is 1. The monoisotopic (exact) mass is 270 g/mol. The second-order valence-electron chi connectivity index (χ2n) is 4.62. The Morgan fingerprint density at radius 3 is 2.39 bits per heavy atom. The van der Waals surface area contributed by atoms with E-state index in [1.54, 1.807) is 6.07 Å². The van der Waals surface area contributed by atoms with E-state index in [1.165, 1.54) is 31.4 Å². The van der Waals surface area contributed by atoms with Crippen LogP contribution >= 0.6 is 0 Å². The van der Waals surface area contributed by atoms with Crippen molar-refractivity contribution in [2.24, 2.45) is 5.14 Å². The molecular weight excluding hydrogens is 252 g/mol. The molecule has 0 saturated heterocycles. The summed E-state index contributed by atoms with van der Waals surface area (Å²) in [5.41, 5.74) is 5.80. The van der Waals surface area contributed by atoms with Crippen LogP contribution in [-0.4, -0.2) is 14.5 Å². The zero-order chi connectivity index (χ0) is 13.2. The molecule has 0 atom stereocenters. The summed E-state index contributed by atoms with van der Waals surface area (Å²) in [7, 11) is -3.76. The molecule has 5 nitrogen and oxygen atoms in total. The van der Waals surface area contributed by atoms with Crippen LogP contribution in [0.1, 0.15) is 32.1 Å². The molecular formula is C12H18N2O3S. The third kappa shape index (κ3) is 3.14. The third-order valence-electron chi connectivity index (χ3n) is 3.14. The van der Waals surface area contributed by atoms with Gasteiger partial charge in [0.25, 0.3) is 0 Å². The normalized spacial score (nSPS) is 17.6. The molecule has 1 aliphatic rings. The van der Waals surface area contributed by atoms with Crippen molar-refractivity contribution in [1.82, 2.24) is 0 Å². The van der Waals surface area contributed by atoms with Gasteiger partial charge < -0.3 is 10.5 Å². The molecule has 4 N–H and O–H groups in total. The molecule has 0 radical (unpaired) electrons. The van der Waals surface area contributed by atoms with Crippen LogP contribution in [0.15, 0.2) is 23.1 Å². The van der Waals surface area contributed by atoms with E-state index in [4.69, 9.17) is 15.6 Å². The summed E-state index contributed by atoms with van der Waals surface area (Å²) in [5.74, 6) is 0.604. The van der Waals surface area contributed by atoms with Crippen LogP contribution in [0, 0.1) is 0 Å². The van der Waals surface area contributed by atoms with E-state index >= 15 is 0 Å². The number of hydrogen-bond acceptors (Lipinski definition) is 4. The van der Waals surface area contributed by atoms with Crippen LogP contribution in [-0.2, 0) is 10.0 Å². The van der Waals surface area contributed by atoms with Gasteiger partial charge in [0, 0.05) is 6.07 Å². The minimum absolute atomic E-state index is 0.0569. The van der Waals surface area contributed by atoms with Crippen molar-refractivity contribution in [2.45, 2.75) is 43.1 Å². The minimum Gasteiger partial charge on any atom is -0.490 e. The molecule has 0 bridgehead atoms. The van der Waals surface area contributed by atoms with Crippen molar-refractivity contribution in [3.05, 3.63) is 18.2 Å². The van der Waals surface area contributed by atoms with Crippen LogP contribution in [0.3, 0.4) is 0 Å². The Hall–Kier alpha value is -1.27. The van der Waals surface area contributed by atoms with Gasteiger partial charge in [0.05, 0.1) is 11.8 Å². The Kier molecular flexibility index (Phi) is 3.77. The van der Waals surface area contributed by atoms with Gasteiger partial charge in [0.15, 0.2) is 0 Å². The number of sulfonamides is 1. The van der Waals surface area contributed by atoms with Crippen molar-refractivity contribution in [2.75, 3.05) is 5.73 Å². The number of ether oxygens (including phenoxy) is 1. The van der Waals surface area contributed by atoms with Gasteiger partial charge >= 0.3 is 0 Å². The van der Waals surface area contributed by atoms with E-state index in [0.717, 1.165) is 12.8 Å². The van der Waals surface area contributed by atoms with Gasteiger partial charge in [-0.2, -0.15) is 0 Å². The van der Waals surface area contributed by atoms with Crippen LogP contribution < -0.4 is 15.6 Å². The molecule has 0 amide bonds. The highest BCUT2D eigenvalue weighted by Crippen LogP contribution is 2.27. The van der Waals surface area contributed by atoms with E-state index in [2.05, 4.69) is 0 Å². The molecule has 1 aliphatic carbocycles. The molecule has 0 spiro atoms. The lowest BCUT2D eigenvalue weighted by molar-refractivity contribution is 0.155. The van der Waals surface area contributed by atoms with Crippen molar-refractivity contribution in [3.8, 4) is 5.75 Å². The molecule has 0 heterocycles. The number of primary sulfonamides is 1. The maximum absolute atomic E-state index is 11.2. The Morgan fingerprint density at radius 2 is 1.83 bits per heavy atom. The summed E-state index contributed by atoms with van der Waals surface area (Å²) in [6.45, 7) is 0. The van der Waals surface area contributed by atoms with Gasteiger partial charge in [0.2, 0.25) is 10.0 Å². The van der Waals surface area contributed by atoms with Crippen LogP contribution in [0.2, 0.25) is 0 Å². The molecule has 1 fully saturated rings. The second-order valence-corrected chi connectivity index (χ2v) is 6.15. The predicted molar refractivity (Wildman–Crippen MR) is 69.7 cm³/mol. The number of rotatable bonds is 3. The van der Waals surface area contributed by atoms with Gasteiger partial charge in [-0.1, -0.05) is 6.42 Å². The average molecular weight is 270 g/mol. The highest BCUT2D eigenvalue weighted by atomic mass is 32.2. The lowest BCUT2D eigenvalue weighted by atomic mass is 9.98. The van der Waals surface area contributed by atoms with Gasteiger partial charge in [-0.25, -0.2) is 13.6 Å². The molecule has 1 aromatic rings. The average Bonchev–Trinajstić information content (AvgIpc) is 2.28. The topological polar surface area (TPSA) is 95.4 Å². The molecule has 100 valence electrons. The lowest BCUT2D eigenvalue weighted by Crippen LogP contribution is -2.20. The number of hydrogen-bond donors (Lipinski definition) is 2. The molecule has 1 aromatic carbocycles. The van der Waals surface area contributed by atoms with Crippen LogP contribution in [0.25, 0.3) is 0 Å². The van der Waals surface area contributed by atoms with E-state index in [1.807, 2.05) is 0 Å². The quantitative estimate of drug-likeness (QED) is 0.816. The zero-order valence-corrected chi connectivity index (χ0v) is 10.9. The van der Waals surface area contributed by atoms with Crippen molar-refractivity contribution in [1.29, 1.82) is 0 Å². The van der Waals surface area contributed by atoms with E-state index in [9.17, 15) is 8.42 Å². The molecule has 18 heavy (non-hydrogen) atoms. The van der Waals surface area contributed by atoms with Crippen molar-refractivity contribution in [3.63, 3.8) is 0 Å². The van der Waals surface area contributed by atoms with Crippen LogP contribution in [0.4, 0.5) is 5.69 Å². The van der Waals surface area contributed by atoms with Crippen molar-refractivity contribution < 1.29 is 13.2 Å². The van der Waals surface area contributed by atoms with E-state index in [0.29, 0.717) is 5.75 Å². The maximum Gasteiger partial charge on any atom is 0.240 e. The Balaban J connectivity index is 2.13. The summed E-state index contributed by atoms with van der Waals surface area (Å²) in [6, 6.07) is 4.52. The van der Waals surface area contributed by atoms with Gasteiger partial charge in [0.1, 0.15) is 10.6 Å². The number of anilines is 1. The first-order chi connectivity index (χ1) is 8.47. The second kappa shape index (κ2) is 5.16. The number of nitrogens with two attached hydrogens (primary N) is 2. The molecule has 6 heteroatoms. The fourth-order valence-corrected chi connectivity index (χ4v) is 2.88. The van der Waals surface area contributed by atoms with Crippen LogP contribution in [0.5, 0.6) is 5.75 Å². The molecule has 1 saturated carbocycles. The fourth-order valence-electron chi connectivity index (χ4n) is 2.23. The Labute approximate surface area is 107 Å². The minimum atomic E-state index is -3.76.